The van der Waals surface area contributed by atoms with Gasteiger partial charge in [0.15, 0.2) is 5.96 Å². The minimum Gasteiger partial charge on any atom is -0.469 e. The molecule has 0 atom stereocenters. The zero-order chi connectivity index (χ0) is 13.6. The molecule has 0 amide bonds. The van der Waals surface area contributed by atoms with Crippen molar-refractivity contribution in [2.24, 2.45) is 4.99 Å². The Kier molecular flexibility index (Phi) is 6.82. The summed E-state index contributed by atoms with van der Waals surface area (Å²) in [4.78, 5) is 4.67. The van der Waals surface area contributed by atoms with E-state index in [1.165, 1.54) is 12.8 Å². The van der Waals surface area contributed by atoms with Crippen LogP contribution in [-0.4, -0.2) is 37.8 Å². The largest absolute Gasteiger partial charge is 0.469 e. The second-order valence-electron chi connectivity index (χ2n) is 5.51. The summed E-state index contributed by atoms with van der Waals surface area (Å²) in [5.41, 5.74) is 0. The molecular formula is C15H24IN3O2. The van der Waals surface area contributed by atoms with Crippen LogP contribution in [0, 0.1) is 0 Å². The van der Waals surface area contributed by atoms with Crippen molar-refractivity contribution in [3.63, 3.8) is 0 Å². The first-order valence-electron chi connectivity index (χ1n) is 7.58. The smallest absolute Gasteiger partial charge is 0.191 e. The molecule has 2 aliphatic rings. The molecule has 0 unspecified atom stereocenters. The van der Waals surface area contributed by atoms with Gasteiger partial charge in [0.05, 0.1) is 6.26 Å². The zero-order valence-electron chi connectivity index (χ0n) is 12.2. The fraction of sp³-hybridized carbons (Fsp3) is 0.667. The van der Waals surface area contributed by atoms with Crippen LogP contribution in [0.4, 0.5) is 0 Å². The second kappa shape index (κ2) is 8.63. The van der Waals surface area contributed by atoms with Gasteiger partial charge < -0.3 is 19.8 Å². The van der Waals surface area contributed by atoms with Crippen LogP contribution in [0.1, 0.15) is 31.4 Å². The van der Waals surface area contributed by atoms with E-state index in [0.29, 0.717) is 12.1 Å². The van der Waals surface area contributed by atoms with Gasteiger partial charge in [0, 0.05) is 38.3 Å². The van der Waals surface area contributed by atoms with E-state index in [1.54, 1.807) is 6.26 Å². The van der Waals surface area contributed by atoms with Gasteiger partial charge in [0.2, 0.25) is 0 Å². The van der Waals surface area contributed by atoms with Gasteiger partial charge >= 0.3 is 0 Å². The monoisotopic (exact) mass is 405 g/mol. The van der Waals surface area contributed by atoms with Crippen molar-refractivity contribution < 1.29 is 9.15 Å². The van der Waals surface area contributed by atoms with Crippen LogP contribution in [-0.2, 0) is 11.2 Å². The number of ether oxygens (including phenoxy) is 1. The summed E-state index contributed by atoms with van der Waals surface area (Å²) in [5.74, 6) is 1.94. The number of rotatable bonds is 5. The molecule has 118 valence electrons. The highest BCUT2D eigenvalue weighted by Gasteiger charge is 2.23. The van der Waals surface area contributed by atoms with E-state index in [1.807, 2.05) is 12.1 Å². The first-order chi connectivity index (χ1) is 9.90. The summed E-state index contributed by atoms with van der Waals surface area (Å²) in [5, 5.41) is 7.02. The van der Waals surface area contributed by atoms with Crippen molar-refractivity contribution in [2.45, 2.75) is 44.2 Å². The Morgan fingerprint density at radius 3 is 2.48 bits per heavy atom. The fourth-order valence-electron chi connectivity index (χ4n) is 2.32. The molecule has 2 N–H and O–H groups in total. The van der Waals surface area contributed by atoms with Gasteiger partial charge in [-0.05, 0) is 37.8 Å². The van der Waals surface area contributed by atoms with E-state index in [2.05, 4.69) is 15.6 Å². The molecule has 2 fully saturated rings. The molecule has 1 aliphatic heterocycles. The van der Waals surface area contributed by atoms with Gasteiger partial charge in [-0.15, -0.1) is 24.0 Å². The van der Waals surface area contributed by atoms with E-state index in [-0.39, 0.29) is 24.0 Å². The van der Waals surface area contributed by atoms with Crippen molar-refractivity contribution in [2.75, 3.05) is 19.8 Å². The third kappa shape index (κ3) is 5.86. The highest BCUT2D eigenvalue weighted by Crippen LogP contribution is 2.18. The summed E-state index contributed by atoms with van der Waals surface area (Å²) in [7, 11) is 0. The van der Waals surface area contributed by atoms with E-state index in [4.69, 9.17) is 9.15 Å². The number of hydrogen-bond donors (Lipinski definition) is 2. The lowest BCUT2D eigenvalue weighted by molar-refractivity contribution is 0.0822. The van der Waals surface area contributed by atoms with E-state index >= 15 is 0 Å². The van der Waals surface area contributed by atoms with E-state index < -0.39 is 0 Å². The molecule has 6 heteroatoms. The predicted octanol–water partition coefficient (Wildman–Crippen LogP) is 2.32. The Labute approximate surface area is 142 Å². The Morgan fingerprint density at radius 1 is 1.14 bits per heavy atom. The topological polar surface area (TPSA) is 58.8 Å². The minimum atomic E-state index is 0. The van der Waals surface area contributed by atoms with E-state index in [0.717, 1.165) is 50.7 Å². The van der Waals surface area contributed by atoms with Crippen LogP contribution < -0.4 is 10.6 Å². The van der Waals surface area contributed by atoms with Crippen molar-refractivity contribution in [1.82, 2.24) is 10.6 Å². The average molecular weight is 405 g/mol. The molecule has 1 aliphatic carbocycles. The summed E-state index contributed by atoms with van der Waals surface area (Å²) in [6.45, 7) is 2.44. The van der Waals surface area contributed by atoms with Crippen molar-refractivity contribution in [1.29, 1.82) is 0 Å². The number of hydrogen-bond acceptors (Lipinski definition) is 3. The molecule has 21 heavy (non-hydrogen) atoms. The Balaban J connectivity index is 0.00000161. The van der Waals surface area contributed by atoms with Crippen LogP contribution in [0.2, 0.25) is 0 Å². The lowest BCUT2D eigenvalue weighted by atomic mass is 10.1. The number of nitrogens with one attached hydrogen (secondary N) is 2. The number of nitrogens with zero attached hydrogens (tertiary/aromatic N) is 1. The highest BCUT2D eigenvalue weighted by molar-refractivity contribution is 14.0. The Morgan fingerprint density at radius 2 is 1.86 bits per heavy atom. The maximum absolute atomic E-state index is 5.39. The minimum absolute atomic E-state index is 0. The first-order valence-corrected chi connectivity index (χ1v) is 7.58. The fourth-order valence-corrected chi connectivity index (χ4v) is 2.32. The average Bonchev–Trinajstić information content (AvgIpc) is 3.13. The molecular weight excluding hydrogens is 381 g/mol. The van der Waals surface area contributed by atoms with Gasteiger partial charge in [0.25, 0.3) is 0 Å². The van der Waals surface area contributed by atoms with Crippen LogP contribution in [0.25, 0.3) is 0 Å². The molecule has 0 spiro atoms. The SMILES string of the molecule is I.c1coc(CCN=C(NC2CCOCC2)NC2CC2)c1. The van der Waals surface area contributed by atoms with Gasteiger partial charge in [-0.3, -0.25) is 4.99 Å². The quantitative estimate of drug-likeness (QED) is 0.449. The third-order valence-corrected chi connectivity index (χ3v) is 3.69. The molecule has 0 bridgehead atoms. The van der Waals surface area contributed by atoms with Crippen molar-refractivity contribution in [3.8, 4) is 0 Å². The van der Waals surface area contributed by atoms with Gasteiger partial charge in [-0.25, -0.2) is 0 Å². The summed E-state index contributed by atoms with van der Waals surface area (Å²) < 4.78 is 10.7. The second-order valence-corrected chi connectivity index (χ2v) is 5.51. The lowest BCUT2D eigenvalue weighted by Crippen LogP contribution is -2.46. The molecule has 3 rings (SSSR count). The first kappa shape index (κ1) is 16.6. The van der Waals surface area contributed by atoms with Crippen LogP contribution in [0.5, 0.6) is 0 Å². The Hall–Kier alpha value is -0.760. The van der Waals surface area contributed by atoms with Crippen LogP contribution in [0.3, 0.4) is 0 Å². The molecule has 0 aromatic carbocycles. The summed E-state index contributed by atoms with van der Waals surface area (Å²) in [6, 6.07) is 5.01. The van der Waals surface area contributed by atoms with Crippen LogP contribution in [0.15, 0.2) is 27.8 Å². The molecule has 0 radical (unpaired) electrons. The Bertz CT molecular complexity index is 426. The summed E-state index contributed by atoms with van der Waals surface area (Å²) >= 11 is 0. The maximum atomic E-state index is 5.39. The number of furan rings is 1. The molecule has 1 saturated carbocycles. The van der Waals surface area contributed by atoms with Gasteiger partial charge in [-0.1, -0.05) is 0 Å². The maximum Gasteiger partial charge on any atom is 0.191 e. The zero-order valence-corrected chi connectivity index (χ0v) is 14.5. The molecule has 2 heterocycles. The molecule has 1 saturated heterocycles. The number of guanidine groups is 1. The normalized spacial score (nSPS) is 19.9. The summed E-state index contributed by atoms with van der Waals surface area (Å²) in [6.07, 6.45) is 7.19. The third-order valence-electron chi connectivity index (χ3n) is 3.69. The van der Waals surface area contributed by atoms with Gasteiger partial charge in [0.1, 0.15) is 5.76 Å². The predicted molar refractivity (Wildman–Crippen MR) is 93.3 cm³/mol. The van der Waals surface area contributed by atoms with Gasteiger partial charge in [-0.2, -0.15) is 0 Å². The number of aliphatic imine (C=N–C) groups is 1. The molecule has 1 aromatic heterocycles. The standard InChI is InChI=1S/C15H23N3O2.HI/c1-2-14(20-9-1)5-8-16-15(17-12-3-4-12)18-13-6-10-19-11-7-13;/h1-2,9,12-13H,3-8,10-11H2,(H2,16,17,18);1H. The van der Waals surface area contributed by atoms with Crippen LogP contribution >= 0.6 is 24.0 Å². The molecule has 1 aromatic rings. The van der Waals surface area contributed by atoms with Crippen molar-refractivity contribution >= 4 is 29.9 Å². The molecule has 5 nitrogen and oxygen atoms in total. The van der Waals surface area contributed by atoms with Crippen molar-refractivity contribution in [3.05, 3.63) is 24.2 Å². The lowest BCUT2D eigenvalue weighted by Gasteiger charge is -2.25. The highest BCUT2D eigenvalue weighted by atomic mass is 127. The number of halogens is 1. The van der Waals surface area contributed by atoms with E-state index in [9.17, 15) is 0 Å².